The maximum atomic E-state index is 12.5. The molecule has 1 N–H and O–H groups in total. The van der Waals surface area contributed by atoms with E-state index < -0.39 is 4.92 Å². The van der Waals surface area contributed by atoms with Gasteiger partial charge in [-0.15, -0.1) is 0 Å². The Morgan fingerprint density at radius 3 is 2.76 bits per heavy atom. The van der Waals surface area contributed by atoms with E-state index in [9.17, 15) is 14.9 Å². The minimum atomic E-state index is -0.432. The van der Waals surface area contributed by atoms with Crippen molar-refractivity contribution in [3.8, 4) is 0 Å². The maximum absolute atomic E-state index is 12.5. The van der Waals surface area contributed by atoms with Gasteiger partial charge in [0.25, 0.3) is 5.69 Å². The van der Waals surface area contributed by atoms with Crippen molar-refractivity contribution < 1.29 is 9.72 Å². The average molecular weight is 291 g/mol. The molecule has 1 heterocycles. The van der Waals surface area contributed by atoms with Crippen LogP contribution in [-0.4, -0.2) is 41.4 Å². The number of nitro groups is 1. The van der Waals surface area contributed by atoms with Crippen LogP contribution in [0.25, 0.3) is 0 Å². The number of piperidine rings is 1. The summed E-state index contributed by atoms with van der Waals surface area (Å²) in [6.07, 6.45) is 2.16. The number of amides is 1. The van der Waals surface area contributed by atoms with Crippen molar-refractivity contribution in [1.82, 2.24) is 10.2 Å². The summed E-state index contributed by atoms with van der Waals surface area (Å²) in [7, 11) is 0. The van der Waals surface area contributed by atoms with Crippen LogP contribution in [0.2, 0.25) is 0 Å². The van der Waals surface area contributed by atoms with E-state index in [-0.39, 0.29) is 24.1 Å². The van der Waals surface area contributed by atoms with Crippen LogP contribution in [0.4, 0.5) is 5.69 Å². The number of carbonyl (C=O) groups excluding carboxylic acids is 1. The number of non-ortho nitro benzene ring substituents is 1. The van der Waals surface area contributed by atoms with E-state index in [1.165, 1.54) is 12.1 Å². The Labute approximate surface area is 124 Å². The smallest absolute Gasteiger partial charge is 0.269 e. The molecule has 1 saturated heterocycles. The summed E-state index contributed by atoms with van der Waals surface area (Å²) < 4.78 is 0. The minimum Gasteiger partial charge on any atom is -0.340 e. The van der Waals surface area contributed by atoms with Gasteiger partial charge in [-0.2, -0.15) is 0 Å². The molecule has 0 radical (unpaired) electrons. The molecule has 6 nitrogen and oxygen atoms in total. The molecule has 2 rings (SSSR count). The summed E-state index contributed by atoms with van der Waals surface area (Å²) in [5.74, 6) is 0.0462. The number of benzene rings is 1. The number of hydrogen-bond donors (Lipinski definition) is 1. The zero-order valence-electron chi connectivity index (χ0n) is 12.2. The molecule has 0 atom stereocenters. The molecule has 1 fully saturated rings. The number of hydrogen-bond acceptors (Lipinski definition) is 4. The molecule has 0 bridgehead atoms. The first-order valence-electron chi connectivity index (χ1n) is 7.35. The lowest BCUT2D eigenvalue weighted by molar-refractivity contribution is -0.384. The van der Waals surface area contributed by atoms with Crippen LogP contribution in [0, 0.1) is 10.1 Å². The van der Waals surface area contributed by atoms with E-state index >= 15 is 0 Å². The molecule has 1 aliphatic heterocycles. The summed E-state index contributed by atoms with van der Waals surface area (Å²) in [6.45, 7) is 4.53. The monoisotopic (exact) mass is 291 g/mol. The lowest BCUT2D eigenvalue weighted by Gasteiger charge is -2.34. The second-order valence-corrected chi connectivity index (χ2v) is 5.26. The Morgan fingerprint density at radius 2 is 2.14 bits per heavy atom. The molecule has 1 aliphatic rings. The van der Waals surface area contributed by atoms with Crippen molar-refractivity contribution in [3.05, 3.63) is 39.9 Å². The zero-order valence-corrected chi connectivity index (χ0v) is 12.2. The first-order valence-corrected chi connectivity index (χ1v) is 7.35. The number of nitrogens with one attached hydrogen (secondary N) is 1. The molecule has 0 spiro atoms. The van der Waals surface area contributed by atoms with E-state index in [1.54, 1.807) is 12.1 Å². The number of rotatable bonds is 5. The number of carbonyl (C=O) groups is 1. The first kappa shape index (κ1) is 15.4. The van der Waals surface area contributed by atoms with Crippen LogP contribution >= 0.6 is 0 Å². The zero-order chi connectivity index (χ0) is 15.2. The van der Waals surface area contributed by atoms with Crippen molar-refractivity contribution in [2.75, 3.05) is 19.6 Å². The molecule has 1 aromatic rings. The van der Waals surface area contributed by atoms with Gasteiger partial charge in [0.2, 0.25) is 5.91 Å². The molecule has 0 aliphatic carbocycles. The molecule has 0 saturated carbocycles. The molecule has 1 aromatic carbocycles. The van der Waals surface area contributed by atoms with Gasteiger partial charge in [-0.25, -0.2) is 0 Å². The summed E-state index contributed by atoms with van der Waals surface area (Å²) in [4.78, 5) is 24.7. The minimum absolute atomic E-state index is 0.0326. The highest BCUT2D eigenvalue weighted by Crippen LogP contribution is 2.17. The maximum Gasteiger partial charge on any atom is 0.269 e. The highest BCUT2D eigenvalue weighted by atomic mass is 16.6. The topological polar surface area (TPSA) is 75.5 Å². The van der Waals surface area contributed by atoms with Gasteiger partial charge in [-0.1, -0.05) is 12.1 Å². The predicted octanol–water partition coefficient (Wildman–Crippen LogP) is 1.74. The number of nitrogens with zero attached hydrogens (tertiary/aromatic N) is 2. The molecular weight excluding hydrogens is 270 g/mol. The second-order valence-electron chi connectivity index (χ2n) is 5.26. The van der Waals surface area contributed by atoms with Gasteiger partial charge in [-0.05, 0) is 38.4 Å². The average Bonchev–Trinajstić information content (AvgIpc) is 2.49. The van der Waals surface area contributed by atoms with E-state index in [2.05, 4.69) is 5.32 Å². The second kappa shape index (κ2) is 7.17. The molecule has 21 heavy (non-hydrogen) atoms. The molecule has 1 amide bonds. The predicted molar refractivity (Wildman–Crippen MR) is 80.1 cm³/mol. The fourth-order valence-corrected chi connectivity index (χ4v) is 2.81. The fourth-order valence-electron chi connectivity index (χ4n) is 2.81. The fraction of sp³-hybridized carbons (Fsp3) is 0.533. The Bertz CT molecular complexity index is 513. The van der Waals surface area contributed by atoms with E-state index in [0.29, 0.717) is 12.1 Å². The Kier molecular flexibility index (Phi) is 5.27. The standard InChI is InChI=1S/C15H21N3O3/c1-2-17(13-6-8-16-9-7-13)15(19)11-12-4-3-5-14(10-12)18(20)21/h3-5,10,13,16H,2,6-9,11H2,1H3. The van der Waals surface area contributed by atoms with Gasteiger partial charge in [0.05, 0.1) is 11.3 Å². The van der Waals surface area contributed by atoms with Gasteiger partial charge in [-0.3, -0.25) is 14.9 Å². The Morgan fingerprint density at radius 1 is 1.43 bits per heavy atom. The van der Waals surface area contributed by atoms with Crippen LogP contribution < -0.4 is 5.32 Å². The first-order chi connectivity index (χ1) is 10.1. The van der Waals surface area contributed by atoms with Crippen LogP contribution in [-0.2, 0) is 11.2 Å². The van der Waals surface area contributed by atoms with Gasteiger partial charge in [0, 0.05) is 24.7 Å². The summed E-state index contributed by atoms with van der Waals surface area (Å²) >= 11 is 0. The third kappa shape index (κ3) is 4.01. The van der Waals surface area contributed by atoms with Gasteiger partial charge in [0.1, 0.15) is 0 Å². The molecular formula is C15H21N3O3. The molecule has 6 heteroatoms. The lowest BCUT2D eigenvalue weighted by Crippen LogP contribution is -2.46. The summed E-state index contributed by atoms with van der Waals surface area (Å²) in [5.41, 5.74) is 0.729. The van der Waals surface area contributed by atoms with Crippen LogP contribution in [0.15, 0.2) is 24.3 Å². The van der Waals surface area contributed by atoms with Gasteiger partial charge < -0.3 is 10.2 Å². The van der Waals surface area contributed by atoms with Crippen molar-refractivity contribution in [1.29, 1.82) is 0 Å². The van der Waals surface area contributed by atoms with Crippen LogP contribution in [0.3, 0.4) is 0 Å². The lowest BCUT2D eigenvalue weighted by atomic mass is 10.0. The van der Waals surface area contributed by atoms with Crippen LogP contribution in [0.5, 0.6) is 0 Å². The van der Waals surface area contributed by atoms with E-state index in [1.807, 2.05) is 11.8 Å². The number of nitro benzene ring substituents is 1. The summed E-state index contributed by atoms with van der Waals surface area (Å²) in [5, 5.41) is 14.1. The van der Waals surface area contributed by atoms with Crippen LogP contribution in [0.1, 0.15) is 25.3 Å². The third-order valence-corrected chi connectivity index (χ3v) is 3.89. The Balaban J connectivity index is 2.04. The van der Waals surface area contributed by atoms with Crippen molar-refractivity contribution in [2.24, 2.45) is 0 Å². The SMILES string of the molecule is CCN(C(=O)Cc1cccc([N+](=O)[O-])c1)C1CCNCC1. The third-order valence-electron chi connectivity index (χ3n) is 3.89. The Hall–Kier alpha value is -1.95. The van der Waals surface area contributed by atoms with Crippen molar-refractivity contribution in [2.45, 2.75) is 32.2 Å². The largest absolute Gasteiger partial charge is 0.340 e. The summed E-state index contributed by atoms with van der Waals surface area (Å²) in [6, 6.07) is 6.59. The number of likely N-dealkylation sites (N-methyl/N-ethyl adjacent to an activating group) is 1. The van der Waals surface area contributed by atoms with Crippen molar-refractivity contribution >= 4 is 11.6 Å². The van der Waals surface area contributed by atoms with Crippen molar-refractivity contribution in [3.63, 3.8) is 0 Å². The highest BCUT2D eigenvalue weighted by Gasteiger charge is 2.24. The van der Waals surface area contributed by atoms with Gasteiger partial charge >= 0.3 is 0 Å². The normalized spacial score (nSPS) is 15.7. The van der Waals surface area contributed by atoms with E-state index in [0.717, 1.165) is 25.9 Å². The quantitative estimate of drug-likeness (QED) is 0.662. The molecule has 0 unspecified atom stereocenters. The molecule has 114 valence electrons. The van der Waals surface area contributed by atoms with Gasteiger partial charge in [0.15, 0.2) is 0 Å². The highest BCUT2D eigenvalue weighted by molar-refractivity contribution is 5.79. The van der Waals surface area contributed by atoms with E-state index in [4.69, 9.17) is 0 Å². The molecule has 0 aromatic heterocycles.